The minimum Gasteiger partial charge on any atom is -0.491 e. The molecule has 0 aliphatic rings. The van der Waals surface area contributed by atoms with E-state index in [1.54, 1.807) is 24.3 Å². The predicted octanol–water partition coefficient (Wildman–Crippen LogP) is 3.43. The quantitative estimate of drug-likeness (QED) is 0.939. The van der Waals surface area contributed by atoms with Crippen LogP contribution in [0.25, 0.3) is 0 Å². The van der Waals surface area contributed by atoms with Crippen molar-refractivity contribution in [3.8, 4) is 11.8 Å². The first-order valence-corrected chi connectivity index (χ1v) is 6.55. The van der Waals surface area contributed by atoms with Crippen molar-refractivity contribution >= 4 is 15.9 Å². The molecular weight excluding hydrogens is 306 g/mol. The highest BCUT2D eigenvalue weighted by atomic mass is 79.9. The molecule has 0 saturated heterocycles. The van der Waals surface area contributed by atoms with Crippen LogP contribution in [0.1, 0.15) is 17.2 Å². The summed E-state index contributed by atoms with van der Waals surface area (Å²) in [7, 11) is 0. The van der Waals surface area contributed by atoms with Crippen LogP contribution in [0.4, 0.5) is 0 Å². The van der Waals surface area contributed by atoms with Crippen molar-refractivity contribution in [3.63, 3.8) is 0 Å². The van der Waals surface area contributed by atoms with Crippen molar-refractivity contribution in [3.05, 3.63) is 64.1 Å². The zero-order valence-corrected chi connectivity index (χ0v) is 11.7. The highest BCUT2D eigenvalue weighted by Crippen LogP contribution is 2.20. The lowest BCUT2D eigenvalue weighted by Crippen LogP contribution is -2.09. The molecule has 0 aliphatic carbocycles. The number of hydrogen-bond donors (Lipinski definition) is 1. The Balaban J connectivity index is 1.96. The van der Waals surface area contributed by atoms with Crippen molar-refractivity contribution in [1.82, 2.24) is 0 Å². The molecular formula is C15H12BrNO2. The molecule has 0 radical (unpaired) electrons. The first-order valence-electron chi connectivity index (χ1n) is 5.75. The Labute approximate surface area is 120 Å². The Morgan fingerprint density at radius 2 is 1.95 bits per heavy atom. The monoisotopic (exact) mass is 317 g/mol. The van der Waals surface area contributed by atoms with E-state index in [4.69, 9.17) is 10.00 Å². The number of aliphatic hydroxyl groups excluding tert-OH is 1. The average Bonchev–Trinajstić information content (AvgIpc) is 2.45. The fourth-order valence-electron chi connectivity index (χ4n) is 1.61. The number of rotatable bonds is 4. The molecule has 1 atom stereocenters. The van der Waals surface area contributed by atoms with Gasteiger partial charge in [0.1, 0.15) is 18.5 Å². The Bertz CT molecular complexity index is 590. The van der Waals surface area contributed by atoms with Crippen LogP contribution in [0.2, 0.25) is 0 Å². The minimum atomic E-state index is -0.687. The molecule has 1 N–H and O–H groups in total. The minimum absolute atomic E-state index is 0.169. The van der Waals surface area contributed by atoms with Gasteiger partial charge in [0, 0.05) is 4.47 Å². The Morgan fingerprint density at radius 3 is 2.58 bits per heavy atom. The summed E-state index contributed by atoms with van der Waals surface area (Å²) in [4.78, 5) is 0. The van der Waals surface area contributed by atoms with E-state index in [0.717, 1.165) is 10.0 Å². The maximum absolute atomic E-state index is 10.0. The lowest BCUT2D eigenvalue weighted by Gasteiger charge is -2.13. The molecule has 2 aromatic rings. The number of aliphatic hydroxyl groups is 1. The molecule has 3 nitrogen and oxygen atoms in total. The van der Waals surface area contributed by atoms with Crippen molar-refractivity contribution in [2.24, 2.45) is 0 Å². The number of ether oxygens (including phenoxy) is 1. The fourth-order valence-corrected chi connectivity index (χ4v) is 2.03. The smallest absolute Gasteiger partial charge is 0.119 e. The van der Waals surface area contributed by atoms with Crippen LogP contribution < -0.4 is 4.74 Å². The molecule has 4 heteroatoms. The zero-order chi connectivity index (χ0) is 13.7. The SMILES string of the molecule is N#Cc1ccc(OCC(O)c2cccc(Br)c2)cc1. The van der Waals surface area contributed by atoms with E-state index in [9.17, 15) is 5.11 Å². The normalized spacial score (nSPS) is 11.6. The van der Waals surface area contributed by atoms with Gasteiger partial charge in [0.2, 0.25) is 0 Å². The van der Waals surface area contributed by atoms with Gasteiger partial charge in [0.25, 0.3) is 0 Å². The van der Waals surface area contributed by atoms with E-state index in [1.165, 1.54) is 0 Å². The number of nitriles is 1. The van der Waals surface area contributed by atoms with Gasteiger partial charge in [-0.15, -0.1) is 0 Å². The lowest BCUT2D eigenvalue weighted by molar-refractivity contribution is 0.108. The van der Waals surface area contributed by atoms with E-state index < -0.39 is 6.10 Å². The van der Waals surface area contributed by atoms with Gasteiger partial charge in [-0.2, -0.15) is 5.26 Å². The van der Waals surface area contributed by atoms with Crippen molar-refractivity contribution in [2.45, 2.75) is 6.10 Å². The second kappa shape index (κ2) is 6.37. The van der Waals surface area contributed by atoms with E-state index in [2.05, 4.69) is 15.9 Å². The standard InChI is InChI=1S/C15H12BrNO2/c16-13-3-1-2-12(8-13)15(18)10-19-14-6-4-11(9-17)5-7-14/h1-8,15,18H,10H2. The fraction of sp³-hybridized carbons (Fsp3) is 0.133. The van der Waals surface area contributed by atoms with Crippen LogP contribution in [0.15, 0.2) is 53.0 Å². The van der Waals surface area contributed by atoms with Crippen LogP contribution in [-0.2, 0) is 0 Å². The predicted molar refractivity (Wildman–Crippen MR) is 75.8 cm³/mol. The number of benzene rings is 2. The second-order valence-electron chi connectivity index (χ2n) is 4.02. The summed E-state index contributed by atoms with van der Waals surface area (Å²) in [5.41, 5.74) is 1.38. The van der Waals surface area contributed by atoms with Crippen LogP contribution in [0.3, 0.4) is 0 Å². The molecule has 96 valence electrons. The van der Waals surface area contributed by atoms with Gasteiger partial charge in [-0.1, -0.05) is 28.1 Å². The molecule has 0 saturated carbocycles. The first-order chi connectivity index (χ1) is 9.19. The maximum Gasteiger partial charge on any atom is 0.119 e. The van der Waals surface area contributed by atoms with Gasteiger partial charge in [-0.25, -0.2) is 0 Å². The van der Waals surface area contributed by atoms with Gasteiger partial charge in [0.15, 0.2) is 0 Å². The summed E-state index contributed by atoms with van der Waals surface area (Å²) in [5, 5.41) is 18.7. The highest BCUT2D eigenvalue weighted by molar-refractivity contribution is 9.10. The summed E-state index contributed by atoms with van der Waals surface area (Å²) in [6.07, 6.45) is -0.687. The molecule has 0 aliphatic heterocycles. The number of hydrogen-bond acceptors (Lipinski definition) is 3. The molecule has 1 unspecified atom stereocenters. The van der Waals surface area contributed by atoms with Crippen LogP contribution in [0.5, 0.6) is 5.75 Å². The molecule has 0 spiro atoms. The van der Waals surface area contributed by atoms with Crippen molar-refractivity contribution in [1.29, 1.82) is 5.26 Å². The topological polar surface area (TPSA) is 53.2 Å². The molecule has 0 bridgehead atoms. The number of nitrogens with zero attached hydrogens (tertiary/aromatic N) is 1. The van der Waals surface area contributed by atoms with E-state index in [1.807, 2.05) is 30.3 Å². The largest absolute Gasteiger partial charge is 0.491 e. The van der Waals surface area contributed by atoms with Crippen molar-refractivity contribution in [2.75, 3.05) is 6.61 Å². The van der Waals surface area contributed by atoms with Gasteiger partial charge in [-0.05, 0) is 42.0 Å². The Kier molecular flexibility index (Phi) is 4.56. The lowest BCUT2D eigenvalue weighted by atomic mass is 10.1. The van der Waals surface area contributed by atoms with Gasteiger partial charge in [0.05, 0.1) is 11.6 Å². The third-order valence-corrected chi connectivity index (χ3v) is 3.12. The molecule has 0 amide bonds. The van der Waals surface area contributed by atoms with Crippen LogP contribution >= 0.6 is 15.9 Å². The average molecular weight is 318 g/mol. The molecule has 19 heavy (non-hydrogen) atoms. The van der Waals surface area contributed by atoms with Gasteiger partial charge < -0.3 is 9.84 Å². The summed E-state index contributed by atoms with van der Waals surface area (Å²) >= 11 is 3.36. The highest BCUT2D eigenvalue weighted by Gasteiger charge is 2.08. The van der Waals surface area contributed by atoms with Crippen LogP contribution in [0, 0.1) is 11.3 Å². The third kappa shape index (κ3) is 3.82. The van der Waals surface area contributed by atoms with Crippen molar-refractivity contribution < 1.29 is 9.84 Å². The molecule has 0 fully saturated rings. The molecule has 0 heterocycles. The van der Waals surface area contributed by atoms with Gasteiger partial charge in [-0.3, -0.25) is 0 Å². The summed E-state index contributed by atoms with van der Waals surface area (Å²) in [5.74, 6) is 0.632. The summed E-state index contributed by atoms with van der Waals surface area (Å²) in [6, 6.07) is 16.3. The van der Waals surface area contributed by atoms with E-state index >= 15 is 0 Å². The van der Waals surface area contributed by atoms with Crippen LogP contribution in [-0.4, -0.2) is 11.7 Å². The second-order valence-corrected chi connectivity index (χ2v) is 4.93. The van der Waals surface area contributed by atoms with Gasteiger partial charge >= 0.3 is 0 Å². The van der Waals surface area contributed by atoms with E-state index in [-0.39, 0.29) is 6.61 Å². The number of halogens is 1. The molecule has 2 rings (SSSR count). The van der Waals surface area contributed by atoms with E-state index in [0.29, 0.717) is 11.3 Å². The summed E-state index contributed by atoms with van der Waals surface area (Å²) in [6.45, 7) is 0.169. The zero-order valence-electron chi connectivity index (χ0n) is 10.1. The Hall–Kier alpha value is -1.83. The first kappa shape index (κ1) is 13.6. The Morgan fingerprint density at radius 1 is 1.21 bits per heavy atom. The summed E-state index contributed by atoms with van der Waals surface area (Å²) < 4.78 is 6.41. The maximum atomic E-state index is 10.0. The molecule has 0 aromatic heterocycles. The third-order valence-electron chi connectivity index (χ3n) is 2.62. The molecule has 2 aromatic carbocycles.